The van der Waals surface area contributed by atoms with Crippen molar-refractivity contribution < 1.29 is 25.4 Å². The molecule has 19 heavy (non-hydrogen) atoms. The summed E-state index contributed by atoms with van der Waals surface area (Å²) in [6.07, 6.45) is 1.71. The molecule has 6 heteroatoms. The van der Waals surface area contributed by atoms with Gasteiger partial charge in [0, 0.05) is 6.26 Å². The molecule has 0 atom stereocenters. The molecular weight excluding hydrogens is 284 g/mol. The molecule has 4 saturated carbocycles. The minimum Gasteiger partial charge on any atom is -0.748 e. The first kappa shape index (κ1) is 9.28. The van der Waals surface area contributed by atoms with Crippen molar-refractivity contribution in [1.29, 1.82) is 0 Å². The van der Waals surface area contributed by atoms with Crippen molar-refractivity contribution in [3.8, 4) is 0 Å². The van der Waals surface area contributed by atoms with Crippen LogP contribution in [0.1, 0.15) is 46.7 Å². The lowest BCUT2D eigenvalue weighted by atomic mass is 9.54. The standard InChI is InChI=1S/C12H21OS.CH4O3S/c1-14(2)13-12-6-9-3-10(7-12)5-11(4-9)8-12;1-5(2,3)4/h9-11H,3-8H2,1-2H3;1H3,(H,2,3,4)/q+1;/p-1/i1D3,2D3;. The fourth-order valence-electron chi connectivity index (χ4n) is 4.31. The Labute approximate surface area is 128 Å². The van der Waals surface area contributed by atoms with Crippen molar-refractivity contribution in [2.45, 2.75) is 44.1 Å². The minimum atomic E-state index is -3.92. The summed E-state index contributed by atoms with van der Waals surface area (Å²) in [7, 11) is -3.92. The number of hydrogen-bond acceptors (Lipinski definition) is 4. The summed E-state index contributed by atoms with van der Waals surface area (Å²) >= 11 is -1.97. The van der Waals surface area contributed by atoms with Crippen molar-refractivity contribution in [2.24, 2.45) is 17.8 Å². The first-order valence-corrected chi connectivity index (χ1v) is 9.39. The zero-order valence-corrected chi connectivity index (χ0v) is 12.6. The molecule has 0 aromatic carbocycles. The second-order valence-electron chi connectivity index (χ2n) is 6.16. The van der Waals surface area contributed by atoms with Crippen LogP contribution in [0.3, 0.4) is 0 Å². The Morgan fingerprint density at radius 3 is 1.84 bits per heavy atom. The van der Waals surface area contributed by atoms with E-state index in [2.05, 4.69) is 0 Å². The molecule has 4 bridgehead atoms. The van der Waals surface area contributed by atoms with Crippen LogP contribution in [0.4, 0.5) is 0 Å². The van der Waals surface area contributed by atoms with Gasteiger partial charge in [-0.15, -0.1) is 0 Å². The molecule has 0 aromatic rings. The van der Waals surface area contributed by atoms with Crippen molar-refractivity contribution >= 4 is 21.3 Å². The van der Waals surface area contributed by atoms with Crippen LogP contribution in [0.15, 0.2) is 0 Å². The summed E-state index contributed by atoms with van der Waals surface area (Å²) in [5, 5.41) is 0. The molecule has 4 nitrogen and oxygen atoms in total. The molecule has 0 radical (unpaired) electrons. The largest absolute Gasteiger partial charge is 0.748 e. The van der Waals surface area contributed by atoms with Crippen LogP contribution in [0.5, 0.6) is 0 Å². The Kier molecular flexibility index (Phi) is 2.71. The molecule has 112 valence electrons. The molecule has 4 aliphatic carbocycles. The molecule has 0 amide bonds. The maximum absolute atomic E-state index is 9.08. The Balaban J connectivity index is 0.000000399. The van der Waals surface area contributed by atoms with Crippen molar-refractivity contribution in [3.05, 3.63) is 0 Å². The lowest BCUT2D eigenvalue weighted by molar-refractivity contribution is -0.100. The highest BCUT2D eigenvalue weighted by atomic mass is 32.2. The van der Waals surface area contributed by atoms with Gasteiger partial charge in [0.25, 0.3) is 0 Å². The van der Waals surface area contributed by atoms with E-state index in [4.69, 9.17) is 25.4 Å². The van der Waals surface area contributed by atoms with Gasteiger partial charge in [0.15, 0.2) is 0 Å². The summed E-state index contributed by atoms with van der Waals surface area (Å²) in [6.45, 7) is 0. The fourth-order valence-corrected chi connectivity index (χ4v) is 4.87. The minimum absolute atomic E-state index is 0.472. The molecule has 4 fully saturated rings. The third kappa shape index (κ3) is 4.62. The van der Waals surface area contributed by atoms with Gasteiger partial charge in [-0.2, -0.15) is 4.18 Å². The molecule has 0 heterocycles. The molecule has 0 saturated heterocycles. The van der Waals surface area contributed by atoms with Gasteiger partial charge in [-0.1, -0.05) is 0 Å². The number of rotatable bonds is 2. The molecule has 0 spiro atoms. The van der Waals surface area contributed by atoms with E-state index in [1.165, 1.54) is 19.3 Å². The van der Waals surface area contributed by atoms with E-state index in [0.29, 0.717) is 24.0 Å². The normalized spacial score (nSPS) is 46.2. The third-order valence-corrected chi connectivity index (χ3v) is 4.76. The first-order valence-electron chi connectivity index (χ1n) is 9.42. The van der Waals surface area contributed by atoms with Crippen LogP contribution in [0, 0.1) is 17.8 Å². The molecular formula is C13H24O4S2. The average molecular weight is 315 g/mol. The Bertz CT molecular complexity index is 529. The van der Waals surface area contributed by atoms with E-state index in [1.807, 2.05) is 0 Å². The maximum Gasteiger partial charge on any atom is 0.141 e. The van der Waals surface area contributed by atoms with Gasteiger partial charge in [0.1, 0.15) is 29.1 Å². The monoisotopic (exact) mass is 314 g/mol. The second-order valence-corrected chi connectivity index (χ2v) is 8.27. The molecule has 4 rings (SSSR count). The lowest BCUT2D eigenvalue weighted by Crippen LogP contribution is -2.52. The van der Waals surface area contributed by atoms with Crippen LogP contribution in [0.25, 0.3) is 0 Å². The average Bonchev–Trinajstić information content (AvgIpc) is 2.29. The topological polar surface area (TPSA) is 66.4 Å². The van der Waals surface area contributed by atoms with Crippen molar-refractivity contribution in [3.63, 3.8) is 0 Å². The van der Waals surface area contributed by atoms with Crippen molar-refractivity contribution in [2.75, 3.05) is 18.6 Å². The van der Waals surface area contributed by atoms with Crippen LogP contribution >= 0.6 is 0 Å². The summed E-state index contributed by atoms with van der Waals surface area (Å²) in [4.78, 5) is 0. The molecule has 0 aliphatic heterocycles. The smallest absolute Gasteiger partial charge is 0.141 e. The second kappa shape index (κ2) is 5.54. The van der Waals surface area contributed by atoms with E-state index < -0.39 is 39.3 Å². The molecule has 0 unspecified atom stereocenters. The Hall–Kier alpha value is 0.220. The highest BCUT2D eigenvalue weighted by Gasteiger charge is 2.54. The van der Waals surface area contributed by atoms with Gasteiger partial charge in [-0.05, 0) is 56.3 Å². The summed E-state index contributed by atoms with van der Waals surface area (Å²) < 4.78 is 78.2. The third-order valence-electron chi connectivity index (χ3n) is 4.24. The van der Waals surface area contributed by atoms with Gasteiger partial charge in [-0.25, -0.2) is 8.42 Å². The zero-order valence-electron chi connectivity index (χ0n) is 16.9. The predicted octanol–water partition coefficient (Wildman–Crippen LogP) is 1.93. The van der Waals surface area contributed by atoms with Gasteiger partial charge >= 0.3 is 0 Å². The SMILES string of the molecule is CS(=O)(=O)[O-].[2H]C([2H])([2H])[S+](OC12CC3CC(CC(C3)C1)C2)C([2H])([2H])[2H]. The van der Waals surface area contributed by atoms with E-state index in [9.17, 15) is 0 Å². The van der Waals surface area contributed by atoms with Gasteiger partial charge in [-0.3, -0.25) is 0 Å². The fraction of sp³-hybridized carbons (Fsp3) is 1.00. The van der Waals surface area contributed by atoms with Crippen molar-refractivity contribution in [1.82, 2.24) is 0 Å². The Morgan fingerprint density at radius 2 is 1.53 bits per heavy atom. The highest BCUT2D eigenvalue weighted by Crippen LogP contribution is 2.57. The maximum atomic E-state index is 9.08. The quantitative estimate of drug-likeness (QED) is 0.577. The van der Waals surface area contributed by atoms with Crippen LogP contribution in [0.2, 0.25) is 0 Å². The van der Waals surface area contributed by atoms with E-state index in [0.717, 1.165) is 19.3 Å². The zero-order chi connectivity index (χ0) is 19.3. The first-order chi connectivity index (χ1) is 11.1. The summed E-state index contributed by atoms with van der Waals surface area (Å²) in [5.74, 6) is 1.83. The van der Waals surface area contributed by atoms with E-state index in [-0.39, 0.29) is 0 Å². The van der Waals surface area contributed by atoms with Gasteiger partial charge in [0.05, 0.1) is 18.3 Å². The van der Waals surface area contributed by atoms with E-state index >= 15 is 0 Å². The summed E-state index contributed by atoms with van der Waals surface area (Å²) in [5.41, 5.74) is -0.472. The highest BCUT2D eigenvalue weighted by molar-refractivity contribution is 7.91. The molecule has 4 aliphatic rings. The lowest BCUT2D eigenvalue weighted by Gasteiger charge is -2.54. The van der Waals surface area contributed by atoms with Gasteiger partial charge < -0.3 is 4.55 Å². The number of hydrogen-bond donors (Lipinski definition) is 0. The van der Waals surface area contributed by atoms with Gasteiger partial charge in [0.2, 0.25) is 0 Å². The molecule has 0 aromatic heterocycles. The Morgan fingerprint density at radius 1 is 1.16 bits per heavy atom. The summed E-state index contributed by atoms with van der Waals surface area (Å²) in [6, 6.07) is 0. The molecule has 0 N–H and O–H groups in total. The van der Waals surface area contributed by atoms with Crippen LogP contribution < -0.4 is 0 Å². The van der Waals surface area contributed by atoms with E-state index in [1.54, 1.807) is 0 Å². The predicted molar refractivity (Wildman–Crippen MR) is 76.8 cm³/mol. The van der Waals surface area contributed by atoms with Crippen LogP contribution in [-0.2, 0) is 25.5 Å². The van der Waals surface area contributed by atoms with Crippen LogP contribution in [-0.4, -0.2) is 37.2 Å².